The van der Waals surface area contributed by atoms with E-state index in [0.29, 0.717) is 5.69 Å². The molecule has 0 aliphatic rings. The lowest BCUT2D eigenvalue weighted by Crippen LogP contribution is -2.07. The molecule has 1 heterocycles. The third-order valence-electron chi connectivity index (χ3n) is 6.14. The lowest BCUT2D eigenvalue weighted by molar-refractivity contribution is 0.406. The van der Waals surface area contributed by atoms with Gasteiger partial charge in [-0.2, -0.15) is 0 Å². The van der Waals surface area contributed by atoms with E-state index in [-0.39, 0.29) is 54.5 Å². The molecule has 0 unspecified atom stereocenters. The van der Waals surface area contributed by atoms with Crippen LogP contribution in [-0.2, 0) is 0 Å². The van der Waals surface area contributed by atoms with Crippen LogP contribution < -0.4 is 10.9 Å². The number of aromatic nitrogens is 1. The highest BCUT2D eigenvalue weighted by molar-refractivity contribution is 9.10. The van der Waals surface area contributed by atoms with Gasteiger partial charge in [0.15, 0.2) is 11.5 Å². The smallest absolute Gasteiger partial charge is 0.167 e. The molecule has 6 nitrogen and oxygen atoms in total. The summed E-state index contributed by atoms with van der Waals surface area (Å²) >= 11 is 3.38. The van der Waals surface area contributed by atoms with Crippen LogP contribution in [-0.4, -0.2) is 45.8 Å². The van der Waals surface area contributed by atoms with Gasteiger partial charge in [0.25, 0.3) is 0 Å². The van der Waals surface area contributed by atoms with E-state index in [4.69, 9.17) is 0 Å². The van der Waals surface area contributed by atoms with Crippen LogP contribution in [0.5, 0.6) is 28.7 Å². The molecule has 0 amide bonds. The average Bonchev–Trinajstić information content (AvgIpc) is 3.20. The Morgan fingerprint density at radius 2 is 1.18 bits per heavy atom. The molecule has 0 fully saturated rings. The van der Waals surface area contributed by atoms with Crippen LogP contribution in [0.25, 0.3) is 38.6 Å². The van der Waals surface area contributed by atoms with Crippen molar-refractivity contribution in [3.8, 4) is 45.6 Å². The zero-order chi connectivity index (χ0) is 23.6. The monoisotopic (exact) mass is 501 g/mol. The summed E-state index contributed by atoms with van der Waals surface area (Å²) in [5.74, 6) is -1.57. The zero-order valence-electron chi connectivity index (χ0n) is 17.8. The fourth-order valence-electron chi connectivity index (χ4n) is 4.34. The van der Waals surface area contributed by atoms with Crippen LogP contribution in [0.1, 0.15) is 0 Å². The van der Waals surface area contributed by atoms with Crippen LogP contribution in [0.3, 0.4) is 0 Å². The minimum absolute atomic E-state index is 0.0971. The Morgan fingerprint density at radius 3 is 1.85 bits per heavy atom. The summed E-state index contributed by atoms with van der Waals surface area (Å²) in [6, 6.07) is 17.3. The van der Waals surface area contributed by atoms with Gasteiger partial charge in [0.05, 0.1) is 20.9 Å². The molecule has 0 aliphatic carbocycles. The average molecular weight is 502 g/mol. The highest BCUT2D eigenvalue weighted by Gasteiger charge is 2.29. The van der Waals surface area contributed by atoms with E-state index in [1.54, 1.807) is 12.4 Å². The molecule has 0 bridgehead atoms. The van der Waals surface area contributed by atoms with Gasteiger partial charge in [-0.25, -0.2) is 0 Å². The summed E-state index contributed by atoms with van der Waals surface area (Å²) in [5.41, 5.74) is 3.31. The predicted octanol–water partition coefficient (Wildman–Crippen LogP) is 2.26. The van der Waals surface area contributed by atoms with Crippen molar-refractivity contribution in [3.63, 3.8) is 0 Å². The number of hydrogen-bond donors (Lipinski definition) is 5. The van der Waals surface area contributed by atoms with Crippen LogP contribution in [0.2, 0.25) is 0 Å². The van der Waals surface area contributed by atoms with Crippen molar-refractivity contribution >= 4 is 64.4 Å². The van der Waals surface area contributed by atoms with Gasteiger partial charge in [0.2, 0.25) is 0 Å². The molecule has 0 saturated carbocycles. The number of rotatable bonds is 2. The maximum atomic E-state index is 11.1. The molecular formula is C24H18B2BrNO5. The van der Waals surface area contributed by atoms with Gasteiger partial charge in [0, 0.05) is 11.1 Å². The second kappa shape index (κ2) is 7.42. The third kappa shape index (κ3) is 2.89. The number of fused-ring (bicyclic) bond motifs is 3. The van der Waals surface area contributed by atoms with E-state index >= 15 is 0 Å². The summed E-state index contributed by atoms with van der Waals surface area (Å²) in [4.78, 5) is 0. The number of nitrogens with zero attached hydrogens (tertiary/aromatic N) is 1. The second-order valence-corrected chi connectivity index (χ2v) is 8.80. The second-order valence-electron chi connectivity index (χ2n) is 8.01. The summed E-state index contributed by atoms with van der Waals surface area (Å²) in [5, 5.41) is 54.4. The largest absolute Gasteiger partial charge is 0.507 e. The Hall–Kier alpha value is -3.71. The topological polar surface area (TPSA) is 106 Å². The highest BCUT2D eigenvalue weighted by Crippen LogP contribution is 2.50. The highest BCUT2D eigenvalue weighted by atomic mass is 79.9. The Morgan fingerprint density at radius 1 is 0.606 bits per heavy atom. The molecule has 0 saturated heterocycles. The first-order valence-electron chi connectivity index (χ1n) is 10.2. The molecule has 162 valence electrons. The maximum absolute atomic E-state index is 11.1. The van der Waals surface area contributed by atoms with Crippen LogP contribution >= 0.6 is 15.9 Å². The molecule has 0 spiro atoms. The predicted molar refractivity (Wildman–Crippen MR) is 139 cm³/mol. The van der Waals surface area contributed by atoms with E-state index in [1.165, 1.54) is 7.85 Å². The summed E-state index contributed by atoms with van der Waals surface area (Å²) in [7, 11) is 3.06. The van der Waals surface area contributed by atoms with Gasteiger partial charge in [-0.15, -0.1) is 0 Å². The molecule has 33 heavy (non-hydrogen) atoms. The van der Waals surface area contributed by atoms with E-state index < -0.39 is 11.5 Å². The van der Waals surface area contributed by atoms with Crippen LogP contribution in [0.15, 0.2) is 59.1 Å². The van der Waals surface area contributed by atoms with Gasteiger partial charge in [-0.05, 0) is 50.1 Å². The third-order valence-corrected chi connectivity index (χ3v) is 6.91. The first-order valence-corrected chi connectivity index (χ1v) is 11.0. The molecule has 4 aromatic carbocycles. The molecule has 9 heteroatoms. The van der Waals surface area contributed by atoms with E-state index in [0.717, 1.165) is 11.1 Å². The van der Waals surface area contributed by atoms with Gasteiger partial charge < -0.3 is 30.1 Å². The van der Waals surface area contributed by atoms with E-state index in [2.05, 4.69) is 15.9 Å². The van der Waals surface area contributed by atoms with Gasteiger partial charge in [-0.1, -0.05) is 42.5 Å². The van der Waals surface area contributed by atoms with Gasteiger partial charge in [-0.3, -0.25) is 0 Å². The standard InChI is InChI=1S/C24H18B2BrNO5/c25-15-21(30)17(27)13-14-19(23(32)16(26)24(33)20(14)29)28(18(13)22(15)31)12-8-4-7-11(9-12)10-5-2-1-3-6-10/h1-9,29-33H,25-26H2. The Balaban J connectivity index is 2.02. The number of phenols is 5. The number of benzene rings is 4. The van der Waals surface area contributed by atoms with Crippen LogP contribution in [0.4, 0.5) is 0 Å². The number of hydrogen-bond acceptors (Lipinski definition) is 5. The maximum Gasteiger partial charge on any atom is 0.167 e. The summed E-state index contributed by atoms with van der Waals surface area (Å²) in [6.07, 6.45) is 0. The summed E-state index contributed by atoms with van der Waals surface area (Å²) in [6.45, 7) is 0. The van der Waals surface area contributed by atoms with Crippen molar-refractivity contribution in [1.82, 2.24) is 4.57 Å². The quantitative estimate of drug-likeness (QED) is 0.145. The van der Waals surface area contributed by atoms with E-state index in [1.807, 2.05) is 54.6 Å². The normalized spacial score (nSPS) is 11.4. The summed E-state index contributed by atoms with van der Waals surface area (Å²) < 4.78 is 1.86. The lowest BCUT2D eigenvalue weighted by Gasteiger charge is -2.14. The minimum atomic E-state index is -0.469. The number of halogens is 1. The fraction of sp³-hybridized carbons (Fsp3) is 0. The SMILES string of the molecule is Bc1c(O)c(O)c2c3c(Br)c(O)c(B)c(O)c3n(-c3cccc(-c4ccccc4)c3)c2c1O. The Bertz CT molecular complexity index is 1520. The molecule has 5 aromatic rings. The van der Waals surface area contributed by atoms with Crippen molar-refractivity contribution in [3.05, 3.63) is 59.1 Å². The first kappa shape index (κ1) is 21.2. The first-order chi connectivity index (χ1) is 15.7. The zero-order valence-corrected chi connectivity index (χ0v) is 19.3. The molecule has 0 aliphatic heterocycles. The van der Waals surface area contributed by atoms with E-state index in [9.17, 15) is 25.5 Å². The molecule has 1 aromatic heterocycles. The Kier molecular flexibility index (Phi) is 4.76. The van der Waals surface area contributed by atoms with Crippen molar-refractivity contribution in [2.75, 3.05) is 0 Å². The molecule has 5 rings (SSSR count). The van der Waals surface area contributed by atoms with Crippen molar-refractivity contribution in [2.24, 2.45) is 0 Å². The fourth-order valence-corrected chi connectivity index (χ4v) is 5.02. The molecule has 0 atom stereocenters. The number of phenolic OH excluding ortho intramolecular Hbond substituents is 5. The van der Waals surface area contributed by atoms with Crippen molar-refractivity contribution < 1.29 is 25.5 Å². The Labute approximate surface area is 198 Å². The molecule has 5 N–H and O–H groups in total. The number of aromatic hydroxyl groups is 5. The van der Waals surface area contributed by atoms with Crippen LogP contribution in [0, 0.1) is 0 Å². The van der Waals surface area contributed by atoms with Gasteiger partial charge >= 0.3 is 0 Å². The minimum Gasteiger partial charge on any atom is -0.507 e. The molecular weight excluding hydrogens is 484 g/mol. The van der Waals surface area contributed by atoms with Crippen molar-refractivity contribution in [1.29, 1.82) is 0 Å². The van der Waals surface area contributed by atoms with Crippen molar-refractivity contribution in [2.45, 2.75) is 0 Å². The van der Waals surface area contributed by atoms with Gasteiger partial charge in [0.1, 0.15) is 32.9 Å². The molecule has 0 radical (unpaired) electrons. The lowest BCUT2D eigenvalue weighted by atomic mass is 9.90.